The molecule has 0 radical (unpaired) electrons. The lowest BCUT2D eigenvalue weighted by Crippen LogP contribution is -2.13. The summed E-state index contributed by atoms with van der Waals surface area (Å²) < 4.78 is 2.09. The zero-order chi connectivity index (χ0) is 18.8. The van der Waals surface area contributed by atoms with Crippen molar-refractivity contribution in [1.29, 1.82) is 0 Å². The summed E-state index contributed by atoms with van der Waals surface area (Å²) in [6.45, 7) is 9.14. The quantitative estimate of drug-likeness (QED) is 0.422. The van der Waals surface area contributed by atoms with Gasteiger partial charge in [0, 0.05) is 24.0 Å². The first-order valence-corrected chi connectivity index (χ1v) is 9.66. The standard InChI is InChI=1S/C23H23N3O/c1-16-22(21(27)15-17-7-4-3-5-8-17)23-20(9-6-14-25-23)26(16)19-12-10-18(24-2)11-13-19/h6,9-14,17H,3-5,7-8,15H2,1H3. The number of aromatic nitrogens is 2. The van der Waals surface area contributed by atoms with Crippen LogP contribution in [-0.2, 0) is 0 Å². The van der Waals surface area contributed by atoms with Crippen LogP contribution < -0.4 is 0 Å². The largest absolute Gasteiger partial charge is 0.312 e. The number of Topliss-reactive ketones (excluding diaryl/α,β-unsaturated/α-hetero) is 1. The summed E-state index contributed by atoms with van der Waals surface area (Å²) in [5, 5.41) is 0. The molecule has 0 N–H and O–H groups in total. The summed E-state index contributed by atoms with van der Waals surface area (Å²) in [6.07, 6.45) is 8.47. The predicted molar refractivity (Wildman–Crippen MR) is 108 cm³/mol. The van der Waals surface area contributed by atoms with Crippen LogP contribution in [0.3, 0.4) is 0 Å². The number of carbonyl (C=O) groups excluding carboxylic acids is 1. The Hall–Kier alpha value is -2.93. The number of nitrogens with zero attached hydrogens (tertiary/aromatic N) is 3. The van der Waals surface area contributed by atoms with E-state index in [2.05, 4.69) is 14.4 Å². The number of pyridine rings is 1. The van der Waals surface area contributed by atoms with Crippen molar-refractivity contribution in [3.05, 3.63) is 65.3 Å². The van der Waals surface area contributed by atoms with Gasteiger partial charge in [-0.1, -0.05) is 44.2 Å². The van der Waals surface area contributed by atoms with Crippen molar-refractivity contribution in [3.63, 3.8) is 0 Å². The number of benzene rings is 1. The second-order valence-electron chi connectivity index (χ2n) is 7.43. The molecule has 0 unspecified atom stereocenters. The monoisotopic (exact) mass is 357 g/mol. The van der Waals surface area contributed by atoms with E-state index in [9.17, 15) is 4.79 Å². The molecular formula is C23H23N3O. The van der Waals surface area contributed by atoms with Crippen LogP contribution in [0.15, 0.2) is 42.6 Å². The number of fused-ring (bicyclic) bond motifs is 1. The van der Waals surface area contributed by atoms with Gasteiger partial charge in [-0.3, -0.25) is 9.78 Å². The molecule has 4 heteroatoms. The zero-order valence-corrected chi connectivity index (χ0v) is 15.6. The minimum Gasteiger partial charge on any atom is -0.312 e. The molecule has 1 fully saturated rings. The fourth-order valence-corrected chi connectivity index (χ4v) is 4.33. The third-order valence-electron chi connectivity index (χ3n) is 5.68. The van der Waals surface area contributed by atoms with Gasteiger partial charge in [0.05, 0.1) is 23.2 Å². The van der Waals surface area contributed by atoms with Gasteiger partial charge in [-0.25, -0.2) is 4.85 Å². The maximum Gasteiger partial charge on any atom is 0.187 e. The maximum absolute atomic E-state index is 13.2. The van der Waals surface area contributed by atoms with E-state index < -0.39 is 0 Å². The van der Waals surface area contributed by atoms with Crippen molar-refractivity contribution in [2.24, 2.45) is 5.92 Å². The number of rotatable bonds is 4. The number of carbonyl (C=O) groups is 1. The van der Waals surface area contributed by atoms with Crippen molar-refractivity contribution in [3.8, 4) is 5.69 Å². The summed E-state index contributed by atoms with van der Waals surface area (Å²) in [4.78, 5) is 21.2. The second kappa shape index (κ2) is 7.36. The Kier molecular flexibility index (Phi) is 4.77. The Morgan fingerprint density at radius 1 is 1.19 bits per heavy atom. The van der Waals surface area contributed by atoms with Gasteiger partial charge in [0.2, 0.25) is 0 Å². The highest BCUT2D eigenvalue weighted by Gasteiger charge is 2.25. The fraction of sp³-hybridized carbons (Fsp3) is 0.348. The molecule has 4 rings (SSSR count). The number of ketones is 1. The average Bonchev–Trinajstić information content (AvgIpc) is 3.00. The summed E-state index contributed by atoms with van der Waals surface area (Å²) >= 11 is 0. The Morgan fingerprint density at radius 3 is 2.63 bits per heavy atom. The Labute approximate surface area is 159 Å². The molecule has 1 aliphatic carbocycles. The minimum atomic E-state index is 0.208. The molecule has 0 amide bonds. The van der Waals surface area contributed by atoms with E-state index in [1.54, 1.807) is 6.20 Å². The predicted octanol–water partition coefficient (Wildman–Crippen LogP) is 6.04. The van der Waals surface area contributed by atoms with Crippen LogP contribution in [0, 0.1) is 19.4 Å². The molecule has 0 atom stereocenters. The summed E-state index contributed by atoms with van der Waals surface area (Å²) in [5.41, 5.74) is 4.97. The van der Waals surface area contributed by atoms with Gasteiger partial charge in [-0.05, 0) is 37.1 Å². The first-order valence-electron chi connectivity index (χ1n) is 9.66. The van der Waals surface area contributed by atoms with Crippen molar-refractivity contribution in [2.75, 3.05) is 0 Å². The van der Waals surface area contributed by atoms with Crippen LogP contribution in [0.1, 0.15) is 54.6 Å². The van der Waals surface area contributed by atoms with Crippen molar-refractivity contribution < 1.29 is 4.79 Å². The van der Waals surface area contributed by atoms with E-state index in [0.29, 0.717) is 18.0 Å². The lowest BCUT2D eigenvalue weighted by Gasteiger charge is -2.20. The Bertz CT molecular complexity index is 1020. The van der Waals surface area contributed by atoms with Gasteiger partial charge in [0.1, 0.15) is 0 Å². The molecule has 2 heterocycles. The second-order valence-corrected chi connectivity index (χ2v) is 7.43. The first-order chi connectivity index (χ1) is 13.2. The highest BCUT2D eigenvalue weighted by atomic mass is 16.1. The molecule has 27 heavy (non-hydrogen) atoms. The first kappa shape index (κ1) is 17.5. The molecule has 2 aromatic heterocycles. The van der Waals surface area contributed by atoms with Gasteiger partial charge < -0.3 is 4.57 Å². The molecule has 1 aliphatic rings. The SMILES string of the molecule is [C-]#[N+]c1ccc(-n2c(C)c(C(=O)CC3CCCCC3)c3ncccc32)cc1. The van der Waals surface area contributed by atoms with E-state index in [1.165, 1.54) is 19.3 Å². The van der Waals surface area contributed by atoms with E-state index in [-0.39, 0.29) is 5.78 Å². The van der Waals surface area contributed by atoms with Crippen LogP contribution in [0.25, 0.3) is 21.6 Å². The molecular weight excluding hydrogens is 334 g/mol. The number of hydrogen-bond donors (Lipinski definition) is 0. The Morgan fingerprint density at radius 2 is 1.93 bits per heavy atom. The zero-order valence-electron chi connectivity index (χ0n) is 15.6. The maximum atomic E-state index is 13.2. The highest BCUT2D eigenvalue weighted by molar-refractivity contribution is 6.08. The molecule has 0 aliphatic heterocycles. The summed E-state index contributed by atoms with van der Waals surface area (Å²) in [6, 6.07) is 11.4. The lowest BCUT2D eigenvalue weighted by atomic mass is 9.84. The van der Waals surface area contributed by atoms with Gasteiger partial charge in [0.15, 0.2) is 11.5 Å². The van der Waals surface area contributed by atoms with E-state index >= 15 is 0 Å². The fourth-order valence-electron chi connectivity index (χ4n) is 4.33. The van der Waals surface area contributed by atoms with Crippen LogP contribution in [0.5, 0.6) is 0 Å². The van der Waals surface area contributed by atoms with Crippen LogP contribution in [0.4, 0.5) is 5.69 Å². The molecule has 0 saturated heterocycles. The highest BCUT2D eigenvalue weighted by Crippen LogP contribution is 2.32. The van der Waals surface area contributed by atoms with Crippen molar-refractivity contribution in [2.45, 2.75) is 45.4 Å². The summed E-state index contributed by atoms with van der Waals surface area (Å²) in [7, 11) is 0. The van der Waals surface area contributed by atoms with Gasteiger partial charge in [-0.2, -0.15) is 0 Å². The lowest BCUT2D eigenvalue weighted by molar-refractivity contribution is 0.0951. The molecule has 0 spiro atoms. The van der Waals surface area contributed by atoms with Crippen molar-refractivity contribution in [1.82, 2.24) is 9.55 Å². The average molecular weight is 357 g/mol. The molecule has 0 bridgehead atoms. The number of hydrogen-bond acceptors (Lipinski definition) is 2. The van der Waals surface area contributed by atoms with E-state index in [1.807, 2.05) is 43.3 Å². The molecule has 3 aromatic rings. The van der Waals surface area contributed by atoms with E-state index in [4.69, 9.17) is 6.57 Å². The van der Waals surface area contributed by atoms with Gasteiger partial charge >= 0.3 is 0 Å². The van der Waals surface area contributed by atoms with Gasteiger partial charge in [-0.15, -0.1) is 0 Å². The molecule has 136 valence electrons. The third kappa shape index (κ3) is 3.26. The summed E-state index contributed by atoms with van der Waals surface area (Å²) in [5.74, 6) is 0.713. The Balaban J connectivity index is 1.78. The molecule has 4 nitrogen and oxygen atoms in total. The van der Waals surface area contributed by atoms with Crippen LogP contribution >= 0.6 is 0 Å². The topological polar surface area (TPSA) is 39.2 Å². The molecule has 1 saturated carbocycles. The molecule has 1 aromatic carbocycles. The van der Waals surface area contributed by atoms with Crippen molar-refractivity contribution >= 4 is 22.5 Å². The van der Waals surface area contributed by atoms with Crippen LogP contribution in [-0.4, -0.2) is 15.3 Å². The minimum absolute atomic E-state index is 0.208. The van der Waals surface area contributed by atoms with E-state index in [0.717, 1.165) is 40.8 Å². The normalized spacial score (nSPS) is 15.0. The van der Waals surface area contributed by atoms with Crippen LogP contribution in [0.2, 0.25) is 0 Å². The third-order valence-corrected chi connectivity index (χ3v) is 5.68. The smallest absolute Gasteiger partial charge is 0.187 e. The van der Waals surface area contributed by atoms with Gasteiger partial charge in [0.25, 0.3) is 0 Å².